The van der Waals surface area contributed by atoms with Crippen molar-refractivity contribution in [3.05, 3.63) is 102 Å². The molecule has 0 fully saturated rings. The first-order chi connectivity index (χ1) is 14.2. The van der Waals surface area contributed by atoms with Crippen molar-refractivity contribution in [2.45, 2.75) is 6.92 Å². The second-order valence-corrected chi connectivity index (χ2v) is 6.10. The minimum atomic E-state index is -0.438. The Balaban J connectivity index is 1.62. The van der Waals surface area contributed by atoms with Gasteiger partial charge in [0, 0.05) is 24.3 Å². The van der Waals surface area contributed by atoms with E-state index in [1.165, 1.54) is 0 Å². The van der Waals surface area contributed by atoms with Crippen LogP contribution in [0, 0.1) is 6.92 Å². The van der Waals surface area contributed by atoms with E-state index in [0.29, 0.717) is 22.9 Å². The summed E-state index contributed by atoms with van der Waals surface area (Å²) < 4.78 is 1.61. The van der Waals surface area contributed by atoms with Gasteiger partial charge in [0.1, 0.15) is 5.71 Å². The third kappa shape index (κ3) is 4.06. The lowest BCUT2D eigenvalue weighted by molar-refractivity contribution is 0.0949. The normalized spacial score (nSPS) is 10.4. The van der Waals surface area contributed by atoms with E-state index in [1.54, 1.807) is 41.5 Å². The standard InChI is InChI=1S/C21H17N7O/c1-15-14-18(27-28(15)19-10-4-7-13-24-19)21(29)26-25-20(16-8-2-5-11-22-16)17-9-3-6-12-23-17/h2-14H,1H3,(H,26,29). The molecule has 4 rings (SSSR count). The largest absolute Gasteiger partial charge is 0.291 e. The van der Waals surface area contributed by atoms with Crippen LogP contribution in [0.2, 0.25) is 0 Å². The van der Waals surface area contributed by atoms with Crippen molar-refractivity contribution >= 4 is 11.6 Å². The van der Waals surface area contributed by atoms with Gasteiger partial charge in [-0.05, 0) is 49.4 Å². The molecule has 29 heavy (non-hydrogen) atoms. The second kappa shape index (κ2) is 8.22. The van der Waals surface area contributed by atoms with Crippen LogP contribution >= 0.6 is 0 Å². The Morgan fingerprint density at radius 1 is 0.862 bits per heavy atom. The molecule has 1 N–H and O–H groups in total. The van der Waals surface area contributed by atoms with Crippen LogP contribution in [-0.4, -0.2) is 36.4 Å². The second-order valence-electron chi connectivity index (χ2n) is 6.10. The average molecular weight is 383 g/mol. The zero-order chi connectivity index (χ0) is 20.1. The molecule has 0 unspecified atom stereocenters. The molecular formula is C21H17N7O. The average Bonchev–Trinajstić information content (AvgIpc) is 3.18. The van der Waals surface area contributed by atoms with Gasteiger partial charge in [-0.1, -0.05) is 18.2 Å². The van der Waals surface area contributed by atoms with Gasteiger partial charge >= 0.3 is 0 Å². The maximum Gasteiger partial charge on any atom is 0.291 e. The summed E-state index contributed by atoms with van der Waals surface area (Å²) in [6.45, 7) is 1.86. The molecule has 0 aromatic carbocycles. The number of carbonyl (C=O) groups excluding carboxylic acids is 1. The van der Waals surface area contributed by atoms with Crippen molar-refractivity contribution in [2.75, 3.05) is 0 Å². The van der Waals surface area contributed by atoms with Crippen molar-refractivity contribution in [1.82, 2.24) is 30.2 Å². The number of pyridine rings is 3. The first kappa shape index (κ1) is 18.2. The van der Waals surface area contributed by atoms with Gasteiger partial charge in [0.25, 0.3) is 5.91 Å². The molecule has 0 aliphatic heterocycles. The monoisotopic (exact) mass is 383 g/mol. The van der Waals surface area contributed by atoms with Crippen LogP contribution in [-0.2, 0) is 0 Å². The van der Waals surface area contributed by atoms with Gasteiger partial charge in [-0.15, -0.1) is 0 Å². The summed E-state index contributed by atoms with van der Waals surface area (Å²) in [5, 5.41) is 8.62. The summed E-state index contributed by atoms with van der Waals surface area (Å²) in [5.41, 5.74) is 5.24. The molecular weight excluding hydrogens is 366 g/mol. The molecule has 142 valence electrons. The highest BCUT2D eigenvalue weighted by Crippen LogP contribution is 2.10. The first-order valence-corrected chi connectivity index (χ1v) is 8.91. The Labute approximate surface area is 167 Å². The summed E-state index contributed by atoms with van der Waals surface area (Å²) >= 11 is 0. The molecule has 1 amide bonds. The molecule has 0 atom stereocenters. The van der Waals surface area contributed by atoms with Crippen LogP contribution in [0.5, 0.6) is 0 Å². The van der Waals surface area contributed by atoms with Crippen LogP contribution in [0.3, 0.4) is 0 Å². The number of carbonyl (C=O) groups is 1. The lowest BCUT2D eigenvalue weighted by Crippen LogP contribution is -2.22. The van der Waals surface area contributed by atoms with Crippen molar-refractivity contribution in [3.63, 3.8) is 0 Å². The molecule has 4 aromatic heterocycles. The molecule has 0 spiro atoms. The Morgan fingerprint density at radius 2 is 1.48 bits per heavy atom. The Hall–Kier alpha value is -4.20. The molecule has 0 aliphatic rings. The van der Waals surface area contributed by atoms with Crippen molar-refractivity contribution < 1.29 is 4.79 Å². The Morgan fingerprint density at radius 3 is 2.03 bits per heavy atom. The van der Waals surface area contributed by atoms with Gasteiger partial charge in [-0.3, -0.25) is 14.8 Å². The van der Waals surface area contributed by atoms with Crippen LogP contribution in [0.1, 0.15) is 27.6 Å². The van der Waals surface area contributed by atoms with E-state index in [9.17, 15) is 4.79 Å². The Bertz CT molecular complexity index is 1100. The quantitative estimate of drug-likeness (QED) is 0.422. The van der Waals surface area contributed by atoms with Gasteiger partial charge in [-0.2, -0.15) is 10.2 Å². The number of nitrogens with one attached hydrogen (secondary N) is 1. The van der Waals surface area contributed by atoms with Crippen LogP contribution in [0.4, 0.5) is 0 Å². The van der Waals surface area contributed by atoms with E-state index in [4.69, 9.17) is 0 Å². The zero-order valence-corrected chi connectivity index (χ0v) is 15.6. The lowest BCUT2D eigenvalue weighted by Gasteiger charge is -2.05. The number of hydrogen-bond acceptors (Lipinski definition) is 6. The maximum absolute atomic E-state index is 12.7. The van der Waals surface area contributed by atoms with E-state index >= 15 is 0 Å². The lowest BCUT2D eigenvalue weighted by atomic mass is 10.1. The molecule has 0 radical (unpaired) electrons. The van der Waals surface area contributed by atoms with E-state index < -0.39 is 5.91 Å². The van der Waals surface area contributed by atoms with Crippen molar-refractivity contribution in [1.29, 1.82) is 0 Å². The minimum absolute atomic E-state index is 0.235. The van der Waals surface area contributed by atoms with Gasteiger partial charge in [0.15, 0.2) is 11.5 Å². The van der Waals surface area contributed by atoms with Crippen LogP contribution < -0.4 is 5.43 Å². The molecule has 8 heteroatoms. The molecule has 8 nitrogen and oxygen atoms in total. The predicted octanol–water partition coefficient (Wildman–Crippen LogP) is 2.55. The fourth-order valence-corrected chi connectivity index (χ4v) is 2.71. The highest BCUT2D eigenvalue weighted by Gasteiger charge is 2.15. The van der Waals surface area contributed by atoms with E-state index in [1.807, 2.05) is 49.4 Å². The van der Waals surface area contributed by atoms with Crippen molar-refractivity contribution in [3.8, 4) is 5.82 Å². The molecule has 0 aliphatic carbocycles. The number of nitrogens with zero attached hydrogens (tertiary/aromatic N) is 6. The topological polar surface area (TPSA) is 98.0 Å². The molecule has 0 bridgehead atoms. The minimum Gasteiger partial charge on any atom is -0.265 e. The third-order valence-electron chi connectivity index (χ3n) is 4.07. The number of rotatable bonds is 5. The fourth-order valence-electron chi connectivity index (χ4n) is 2.71. The van der Waals surface area contributed by atoms with E-state index in [-0.39, 0.29) is 5.69 Å². The smallest absolute Gasteiger partial charge is 0.265 e. The Kier molecular flexibility index (Phi) is 5.15. The van der Waals surface area contributed by atoms with Crippen LogP contribution in [0.15, 0.2) is 84.4 Å². The maximum atomic E-state index is 12.7. The van der Waals surface area contributed by atoms with Crippen LogP contribution in [0.25, 0.3) is 5.82 Å². The number of hydrogen-bond donors (Lipinski definition) is 1. The highest BCUT2D eigenvalue weighted by molar-refractivity contribution is 6.11. The highest BCUT2D eigenvalue weighted by atomic mass is 16.2. The summed E-state index contributed by atoms with van der Waals surface area (Å²) in [7, 11) is 0. The summed E-state index contributed by atoms with van der Waals surface area (Å²) in [6, 6.07) is 18.1. The summed E-state index contributed by atoms with van der Waals surface area (Å²) in [5.74, 6) is 0.197. The zero-order valence-electron chi connectivity index (χ0n) is 15.6. The number of aromatic nitrogens is 5. The number of amides is 1. The van der Waals surface area contributed by atoms with Gasteiger partial charge in [0.2, 0.25) is 0 Å². The SMILES string of the molecule is Cc1cc(C(=O)NN=C(c2ccccn2)c2ccccn2)nn1-c1ccccn1. The van der Waals surface area contributed by atoms with E-state index in [0.717, 1.165) is 5.69 Å². The van der Waals surface area contributed by atoms with E-state index in [2.05, 4.69) is 30.6 Å². The van der Waals surface area contributed by atoms with Gasteiger partial charge < -0.3 is 0 Å². The number of hydrazone groups is 1. The first-order valence-electron chi connectivity index (χ1n) is 8.91. The molecule has 0 saturated heterocycles. The number of aryl methyl sites for hydroxylation is 1. The van der Waals surface area contributed by atoms with Gasteiger partial charge in [-0.25, -0.2) is 15.1 Å². The third-order valence-corrected chi connectivity index (χ3v) is 4.07. The molecule has 4 heterocycles. The van der Waals surface area contributed by atoms with Gasteiger partial charge in [0.05, 0.1) is 11.4 Å². The molecule has 0 saturated carbocycles. The summed E-state index contributed by atoms with van der Waals surface area (Å²) in [6.07, 6.45) is 4.99. The summed E-state index contributed by atoms with van der Waals surface area (Å²) in [4.78, 5) is 25.5. The predicted molar refractivity (Wildman–Crippen MR) is 108 cm³/mol. The molecule has 4 aromatic rings. The van der Waals surface area contributed by atoms with Crippen molar-refractivity contribution in [2.24, 2.45) is 5.10 Å². The fraction of sp³-hybridized carbons (Fsp3) is 0.0476.